The number of likely N-dealkylation sites (tertiary alicyclic amines) is 1. The van der Waals surface area contributed by atoms with Crippen LogP contribution in [0.2, 0.25) is 0 Å². The number of methoxy groups -OCH3 is 1. The second kappa shape index (κ2) is 9.58. The van der Waals surface area contributed by atoms with Crippen LogP contribution < -0.4 is 5.32 Å². The Hall–Kier alpha value is -2.13. The van der Waals surface area contributed by atoms with E-state index >= 15 is 0 Å². The molecule has 0 bridgehead atoms. The van der Waals surface area contributed by atoms with E-state index in [1.807, 2.05) is 0 Å². The van der Waals surface area contributed by atoms with Crippen LogP contribution in [0.15, 0.2) is 28.7 Å². The van der Waals surface area contributed by atoms with Gasteiger partial charge in [-0.15, -0.1) is 0 Å². The Balaban J connectivity index is 2.18. The van der Waals surface area contributed by atoms with Crippen molar-refractivity contribution in [2.24, 2.45) is 0 Å². The monoisotopic (exact) mass is 470 g/mol. The first kappa shape index (κ1) is 23.2. The molecule has 160 valence electrons. The molecule has 0 saturated carbocycles. The summed E-state index contributed by atoms with van der Waals surface area (Å²) in [6.07, 6.45) is -1.46. The first-order chi connectivity index (χ1) is 13.5. The summed E-state index contributed by atoms with van der Waals surface area (Å²) in [6.45, 7) is 5.19. The summed E-state index contributed by atoms with van der Waals surface area (Å²) in [6, 6.07) is 5.65. The van der Waals surface area contributed by atoms with Crippen molar-refractivity contribution in [3.8, 4) is 0 Å². The molecule has 8 nitrogen and oxygen atoms in total. The maximum atomic E-state index is 13.0. The van der Waals surface area contributed by atoms with Gasteiger partial charge < -0.3 is 19.9 Å². The van der Waals surface area contributed by atoms with E-state index in [-0.39, 0.29) is 19.4 Å². The molecular weight excluding hydrogens is 444 g/mol. The summed E-state index contributed by atoms with van der Waals surface area (Å²) in [5, 5.41) is 12.8. The van der Waals surface area contributed by atoms with Crippen LogP contribution in [0, 0.1) is 0 Å². The molecule has 0 aromatic heterocycles. The zero-order valence-corrected chi connectivity index (χ0v) is 18.6. The molecule has 29 heavy (non-hydrogen) atoms. The van der Waals surface area contributed by atoms with Crippen molar-refractivity contribution in [1.29, 1.82) is 0 Å². The number of carbonyl (C=O) groups excluding carboxylic acids is 3. The summed E-state index contributed by atoms with van der Waals surface area (Å²) < 4.78 is 11.0. The van der Waals surface area contributed by atoms with Crippen molar-refractivity contribution >= 4 is 33.9 Å². The molecule has 0 spiro atoms. The maximum Gasteiger partial charge on any atom is 0.411 e. The van der Waals surface area contributed by atoms with Crippen LogP contribution in [0.3, 0.4) is 0 Å². The molecule has 1 saturated heterocycles. The lowest BCUT2D eigenvalue weighted by atomic mass is 10.0. The third kappa shape index (κ3) is 6.71. The number of esters is 1. The highest BCUT2D eigenvalue weighted by Gasteiger charge is 2.41. The van der Waals surface area contributed by atoms with Crippen molar-refractivity contribution in [1.82, 2.24) is 10.2 Å². The molecule has 1 aliphatic heterocycles. The molecule has 0 unspecified atom stereocenters. The van der Waals surface area contributed by atoms with Crippen molar-refractivity contribution < 1.29 is 29.0 Å². The Morgan fingerprint density at radius 3 is 2.45 bits per heavy atom. The molecule has 2 amide bonds. The lowest BCUT2D eigenvalue weighted by Gasteiger charge is -2.29. The van der Waals surface area contributed by atoms with Gasteiger partial charge >= 0.3 is 12.1 Å². The number of hydrogen-bond donors (Lipinski definition) is 2. The lowest BCUT2D eigenvalue weighted by molar-refractivity contribution is -0.141. The second-order valence-electron chi connectivity index (χ2n) is 7.93. The Morgan fingerprint density at radius 1 is 1.28 bits per heavy atom. The number of aliphatic hydroxyl groups excluding tert-OH is 1. The van der Waals surface area contributed by atoms with Gasteiger partial charge in [-0.05, 0) is 38.5 Å². The van der Waals surface area contributed by atoms with Gasteiger partial charge in [0, 0.05) is 10.9 Å². The van der Waals surface area contributed by atoms with Crippen molar-refractivity contribution in [3.05, 3.63) is 34.3 Å². The van der Waals surface area contributed by atoms with Gasteiger partial charge in [0.2, 0.25) is 5.91 Å². The Labute approximate surface area is 178 Å². The van der Waals surface area contributed by atoms with Gasteiger partial charge in [-0.1, -0.05) is 28.1 Å². The lowest BCUT2D eigenvalue weighted by Crippen LogP contribution is -2.48. The van der Waals surface area contributed by atoms with E-state index in [1.54, 1.807) is 45.0 Å². The smallest absolute Gasteiger partial charge is 0.411 e. The molecule has 1 aromatic carbocycles. The molecule has 1 aliphatic rings. The number of hydrogen-bond acceptors (Lipinski definition) is 6. The minimum Gasteiger partial charge on any atom is -0.469 e. The topological polar surface area (TPSA) is 105 Å². The number of rotatable bonds is 5. The van der Waals surface area contributed by atoms with Gasteiger partial charge in [0.15, 0.2) is 0 Å². The van der Waals surface area contributed by atoms with E-state index in [4.69, 9.17) is 9.47 Å². The molecule has 3 atom stereocenters. The molecular formula is C20H27BrN2O6. The predicted octanol–water partition coefficient (Wildman–Crippen LogP) is 2.54. The summed E-state index contributed by atoms with van der Waals surface area (Å²) in [7, 11) is 1.28. The number of carbonyl (C=O) groups is 3. The number of aliphatic hydroxyl groups is 1. The summed E-state index contributed by atoms with van der Waals surface area (Å²) in [4.78, 5) is 38.5. The van der Waals surface area contributed by atoms with Gasteiger partial charge in [0.1, 0.15) is 11.6 Å². The summed E-state index contributed by atoms with van der Waals surface area (Å²) >= 11 is 3.35. The van der Waals surface area contributed by atoms with E-state index < -0.39 is 41.8 Å². The third-order valence-electron chi connectivity index (χ3n) is 4.40. The molecule has 1 fully saturated rings. The van der Waals surface area contributed by atoms with Crippen LogP contribution in [-0.4, -0.2) is 59.4 Å². The number of amides is 2. The van der Waals surface area contributed by atoms with E-state index in [0.29, 0.717) is 5.56 Å². The highest BCUT2D eigenvalue weighted by Crippen LogP contribution is 2.25. The van der Waals surface area contributed by atoms with Gasteiger partial charge in [-0.3, -0.25) is 14.5 Å². The zero-order valence-electron chi connectivity index (χ0n) is 17.0. The highest BCUT2D eigenvalue weighted by molar-refractivity contribution is 9.10. The van der Waals surface area contributed by atoms with Crippen molar-refractivity contribution in [2.75, 3.05) is 13.7 Å². The van der Waals surface area contributed by atoms with E-state index in [2.05, 4.69) is 21.2 Å². The van der Waals surface area contributed by atoms with Crippen LogP contribution in [0.5, 0.6) is 0 Å². The number of halogens is 1. The van der Waals surface area contributed by atoms with Crippen LogP contribution in [0.1, 0.15) is 45.2 Å². The van der Waals surface area contributed by atoms with E-state index in [0.717, 1.165) is 4.47 Å². The zero-order chi connectivity index (χ0) is 21.8. The van der Waals surface area contributed by atoms with Crippen LogP contribution in [-0.2, 0) is 19.1 Å². The van der Waals surface area contributed by atoms with Gasteiger partial charge in [-0.25, -0.2) is 4.79 Å². The minimum atomic E-state index is -0.893. The van der Waals surface area contributed by atoms with Crippen LogP contribution in [0.25, 0.3) is 0 Å². The van der Waals surface area contributed by atoms with Crippen molar-refractivity contribution in [3.63, 3.8) is 0 Å². The summed E-state index contributed by atoms with van der Waals surface area (Å²) in [5.41, 5.74) is -0.00874. The fourth-order valence-electron chi connectivity index (χ4n) is 3.05. The average Bonchev–Trinajstić information content (AvgIpc) is 3.02. The van der Waals surface area contributed by atoms with Crippen LogP contribution in [0.4, 0.5) is 4.79 Å². The molecule has 2 N–H and O–H groups in total. The number of benzene rings is 1. The first-order valence-electron chi connectivity index (χ1n) is 9.30. The van der Waals surface area contributed by atoms with Crippen molar-refractivity contribution in [2.45, 2.75) is 57.4 Å². The molecule has 1 heterocycles. The van der Waals surface area contributed by atoms with E-state index in [1.165, 1.54) is 12.0 Å². The Bertz CT molecular complexity index is 746. The highest BCUT2D eigenvalue weighted by atomic mass is 79.9. The van der Waals surface area contributed by atoms with Crippen LogP contribution >= 0.6 is 15.9 Å². The van der Waals surface area contributed by atoms with Gasteiger partial charge in [0.25, 0.3) is 0 Å². The van der Waals surface area contributed by atoms with Gasteiger partial charge in [0.05, 0.1) is 32.2 Å². The van der Waals surface area contributed by atoms with E-state index in [9.17, 15) is 19.5 Å². The average molecular weight is 471 g/mol. The fraction of sp³-hybridized carbons (Fsp3) is 0.550. The Morgan fingerprint density at radius 2 is 1.90 bits per heavy atom. The summed E-state index contributed by atoms with van der Waals surface area (Å²) in [5.74, 6) is -0.946. The largest absolute Gasteiger partial charge is 0.469 e. The second-order valence-corrected chi connectivity index (χ2v) is 8.85. The maximum absolute atomic E-state index is 13.0. The normalized spacial score (nSPS) is 20.1. The molecule has 0 aliphatic carbocycles. The molecule has 0 radical (unpaired) electrons. The quantitative estimate of drug-likeness (QED) is 0.640. The third-order valence-corrected chi connectivity index (χ3v) is 4.93. The first-order valence-corrected chi connectivity index (χ1v) is 10.1. The number of nitrogens with zero attached hydrogens (tertiary/aromatic N) is 1. The SMILES string of the molecule is COC(=O)C[C@H](NC(=O)[C@@H]1C[C@H](O)CN1C(=O)OC(C)(C)C)c1ccc(Br)cc1. The Kier molecular flexibility index (Phi) is 7.65. The molecule has 2 rings (SSSR count). The minimum absolute atomic E-state index is 0.00690. The fourth-order valence-corrected chi connectivity index (χ4v) is 3.31. The number of nitrogens with one attached hydrogen (secondary N) is 1. The molecule has 9 heteroatoms. The molecule has 1 aromatic rings. The van der Waals surface area contributed by atoms with Gasteiger partial charge in [-0.2, -0.15) is 0 Å². The number of β-amino-alcohol motifs (C(OH)–C–C–N with tert-alkyl or cyclic N) is 1. The number of ether oxygens (including phenoxy) is 2. The predicted molar refractivity (Wildman–Crippen MR) is 109 cm³/mol. The standard InChI is InChI=1S/C20H27BrN2O6/c1-20(2,3)29-19(27)23-11-14(24)9-16(23)18(26)22-15(10-17(25)28-4)12-5-7-13(21)8-6-12/h5-8,14-16,24H,9-11H2,1-4H3,(H,22,26)/t14-,15-,16-/m0/s1.